The van der Waals surface area contributed by atoms with Crippen LogP contribution in [0, 0.1) is 0 Å². The normalized spacial score (nSPS) is 11.8. The van der Waals surface area contributed by atoms with Crippen molar-refractivity contribution in [1.82, 2.24) is 0 Å². The van der Waals surface area contributed by atoms with Gasteiger partial charge in [-0.2, -0.15) is 0 Å². The monoisotopic (exact) mass is 693 g/mol. The van der Waals surface area contributed by atoms with Gasteiger partial charge in [-0.25, -0.2) is 0 Å². The van der Waals surface area contributed by atoms with Crippen molar-refractivity contribution in [3.05, 3.63) is 188 Å². The molecule has 11 rings (SSSR count). The number of fused-ring (bicyclic) bond motifs is 9. The molecule has 0 atom stereocenters. The van der Waals surface area contributed by atoms with Gasteiger partial charge in [-0.3, -0.25) is 0 Å². The van der Waals surface area contributed by atoms with Crippen molar-refractivity contribution < 1.29 is 4.42 Å². The molecule has 53 heavy (non-hydrogen) atoms. The van der Waals surface area contributed by atoms with E-state index >= 15 is 0 Å². The maximum absolute atomic E-state index is 6.17. The number of benzene rings is 9. The van der Waals surface area contributed by atoms with Gasteiger partial charge in [-0.15, -0.1) is 11.3 Å². The molecule has 0 unspecified atom stereocenters. The highest BCUT2D eigenvalue weighted by molar-refractivity contribution is 7.26. The first kappa shape index (κ1) is 30.0. The molecule has 0 aliphatic heterocycles. The van der Waals surface area contributed by atoms with Crippen LogP contribution in [0.25, 0.3) is 85.9 Å². The fourth-order valence-corrected chi connectivity index (χ4v) is 9.34. The number of furan rings is 1. The number of thiophene rings is 1. The molecule has 0 N–H and O–H groups in total. The summed E-state index contributed by atoms with van der Waals surface area (Å²) in [6.45, 7) is 0. The highest BCUT2D eigenvalue weighted by Crippen LogP contribution is 2.45. The Kier molecular flexibility index (Phi) is 6.76. The summed E-state index contributed by atoms with van der Waals surface area (Å²) in [5, 5.41) is 9.85. The Hall–Kier alpha value is -6.68. The topological polar surface area (TPSA) is 16.4 Å². The molecule has 248 valence electrons. The van der Waals surface area contributed by atoms with Gasteiger partial charge in [0, 0.05) is 37.6 Å². The third kappa shape index (κ3) is 4.86. The van der Waals surface area contributed by atoms with Crippen LogP contribution in [0.1, 0.15) is 0 Å². The van der Waals surface area contributed by atoms with Crippen molar-refractivity contribution >= 4 is 92.1 Å². The fourth-order valence-electron chi connectivity index (χ4n) is 8.14. The molecule has 0 saturated heterocycles. The van der Waals surface area contributed by atoms with E-state index in [2.05, 4.69) is 181 Å². The lowest BCUT2D eigenvalue weighted by Crippen LogP contribution is -2.10. The lowest BCUT2D eigenvalue weighted by molar-refractivity contribution is 0.669. The minimum absolute atomic E-state index is 0.925. The molecular formula is C50H31NOS. The summed E-state index contributed by atoms with van der Waals surface area (Å²) in [4.78, 5) is 2.41. The second-order valence-electron chi connectivity index (χ2n) is 13.7. The van der Waals surface area contributed by atoms with Gasteiger partial charge < -0.3 is 9.32 Å². The van der Waals surface area contributed by atoms with Crippen LogP contribution < -0.4 is 4.90 Å². The van der Waals surface area contributed by atoms with Gasteiger partial charge in [0.2, 0.25) is 0 Å². The van der Waals surface area contributed by atoms with E-state index in [0.29, 0.717) is 0 Å². The summed E-state index contributed by atoms with van der Waals surface area (Å²) in [5.74, 6) is 0. The Balaban J connectivity index is 1.03. The Morgan fingerprint density at radius 2 is 1.06 bits per heavy atom. The lowest BCUT2D eigenvalue weighted by atomic mass is 9.97. The van der Waals surface area contributed by atoms with Crippen LogP contribution in [0.15, 0.2) is 192 Å². The molecule has 3 heteroatoms. The molecule has 2 nitrogen and oxygen atoms in total. The van der Waals surface area contributed by atoms with Gasteiger partial charge >= 0.3 is 0 Å². The van der Waals surface area contributed by atoms with Crippen molar-refractivity contribution in [2.45, 2.75) is 0 Å². The van der Waals surface area contributed by atoms with Crippen LogP contribution in [0.3, 0.4) is 0 Å². The second kappa shape index (κ2) is 11.9. The fraction of sp³-hybridized carbons (Fsp3) is 0. The average Bonchev–Trinajstić information content (AvgIpc) is 3.80. The van der Waals surface area contributed by atoms with Crippen molar-refractivity contribution in [2.24, 2.45) is 0 Å². The molecule has 9 aromatic carbocycles. The summed E-state index contributed by atoms with van der Waals surface area (Å²) in [5.41, 5.74) is 10.1. The van der Waals surface area contributed by atoms with Gasteiger partial charge in [-0.1, -0.05) is 133 Å². The van der Waals surface area contributed by atoms with Crippen LogP contribution in [0.5, 0.6) is 0 Å². The average molecular weight is 694 g/mol. The lowest BCUT2D eigenvalue weighted by Gasteiger charge is -2.26. The Labute approximate surface area is 310 Å². The number of para-hydroxylation sites is 1. The summed E-state index contributed by atoms with van der Waals surface area (Å²) in [6, 6.07) is 68.0. The van der Waals surface area contributed by atoms with Crippen molar-refractivity contribution in [1.29, 1.82) is 0 Å². The number of rotatable bonds is 5. The highest BCUT2D eigenvalue weighted by Gasteiger charge is 2.19. The third-order valence-corrected chi connectivity index (χ3v) is 11.9. The Morgan fingerprint density at radius 1 is 0.396 bits per heavy atom. The standard InChI is InChI=1S/C50H31NOS/c1-2-11-39-33(9-1)10-7-14-40(39)34-21-27-38(28-22-34)51(45-16-8-15-43-42-12-4-6-18-48(42)53-50(43)45)37-25-19-32(20-26-37)35-23-29-41-36(31-35)24-30-47-49(41)44-13-3-5-17-46(44)52-47/h1-31H. The van der Waals surface area contributed by atoms with E-state index in [1.165, 1.54) is 75.0 Å². The molecule has 0 fully saturated rings. The van der Waals surface area contributed by atoms with Crippen LogP contribution in [-0.2, 0) is 0 Å². The molecular weight excluding hydrogens is 663 g/mol. The summed E-state index contributed by atoms with van der Waals surface area (Å²) < 4.78 is 8.75. The smallest absolute Gasteiger partial charge is 0.136 e. The van der Waals surface area contributed by atoms with E-state index in [1.807, 2.05) is 23.5 Å². The number of nitrogens with zero attached hydrogens (tertiary/aromatic N) is 1. The number of anilines is 3. The Morgan fingerprint density at radius 3 is 1.91 bits per heavy atom. The predicted octanol–water partition coefficient (Wildman–Crippen LogP) is 15.1. The molecule has 2 aromatic heterocycles. The summed E-state index contributed by atoms with van der Waals surface area (Å²) >= 11 is 1.86. The van der Waals surface area contributed by atoms with Crippen LogP contribution in [0.4, 0.5) is 17.1 Å². The van der Waals surface area contributed by atoms with E-state index in [0.717, 1.165) is 27.9 Å². The maximum Gasteiger partial charge on any atom is 0.136 e. The van der Waals surface area contributed by atoms with Crippen molar-refractivity contribution in [2.75, 3.05) is 4.90 Å². The first-order valence-corrected chi connectivity index (χ1v) is 18.8. The summed E-state index contributed by atoms with van der Waals surface area (Å²) in [7, 11) is 0. The molecule has 0 amide bonds. The summed E-state index contributed by atoms with van der Waals surface area (Å²) in [6.07, 6.45) is 0. The van der Waals surface area contributed by atoms with Gasteiger partial charge in [0.25, 0.3) is 0 Å². The van der Waals surface area contributed by atoms with Crippen molar-refractivity contribution in [3.63, 3.8) is 0 Å². The zero-order chi connectivity index (χ0) is 34.9. The molecule has 0 spiro atoms. The highest BCUT2D eigenvalue weighted by atomic mass is 32.1. The molecule has 0 aliphatic carbocycles. The molecule has 0 aliphatic rings. The van der Waals surface area contributed by atoms with E-state index in [-0.39, 0.29) is 0 Å². The predicted molar refractivity (Wildman–Crippen MR) is 227 cm³/mol. The van der Waals surface area contributed by atoms with Gasteiger partial charge in [-0.05, 0) is 98.4 Å². The minimum Gasteiger partial charge on any atom is -0.456 e. The van der Waals surface area contributed by atoms with E-state index < -0.39 is 0 Å². The SMILES string of the molecule is c1ccc2c(-c3ccc(N(c4ccc(-c5ccc6c(ccc7oc8ccccc8c76)c5)cc4)c4cccc5c4sc4ccccc45)cc3)cccc2c1. The number of hydrogen-bond acceptors (Lipinski definition) is 3. The first-order valence-electron chi connectivity index (χ1n) is 18.0. The molecule has 0 bridgehead atoms. The van der Waals surface area contributed by atoms with Gasteiger partial charge in [0.15, 0.2) is 0 Å². The van der Waals surface area contributed by atoms with Crippen LogP contribution in [-0.4, -0.2) is 0 Å². The van der Waals surface area contributed by atoms with Crippen molar-refractivity contribution in [3.8, 4) is 22.3 Å². The maximum atomic E-state index is 6.17. The van der Waals surface area contributed by atoms with Crippen LogP contribution in [0.2, 0.25) is 0 Å². The van der Waals surface area contributed by atoms with Gasteiger partial charge in [0.1, 0.15) is 11.2 Å². The van der Waals surface area contributed by atoms with E-state index in [1.54, 1.807) is 0 Å². The molecule has 2 heterocycles. The van der Waals surface area contributed by atoms with E-state index in [9.17, 15) is 0 Å². The zero-order valence-corrected chi connectivity index (χ0v) is 29.5. The molecule has 0 saturated carbocycles. The van der Waals surface area contributed by atoms with E-state index in [4.69, 9.17) is 4.42 Å². The second-order valence-corrected chi connectivity index (χ2v) is 14.7. The van der Waals surface area contributed by atoms with Gasteiger partial charge in [0.05, 0.1) is 10.4 Å². The minimum atomic E-state index is 0.925. The first-order chi connectivity index (χ1) is 26.3. The third-order valence-electron chi connectivity index (χ3n) is 10.7. The van der Waals surface area contributed by atoms with Crippen LogP contribution >= 0.6 is 11.3 Å². The number of hydrogen-bond donors (Lipinski definition) is 0. The zero-order valence-electron chi connectivity index (χ0n) is 28.7. The largest absolute Gasteiger partial charge is 0.456 e. The Bertz CT molecular complexity index is 3160. The quantitative estimate of drug-likeness (QED) is 0.178. The molecule has 11 aromatic rings. The molecule has 0 radical (unpaired) electrons.